The Morgan fingerprint density at radius 1 is 1.03 bits per heavy atom. The topological polar surface area (TPSA) is 81.4 Å². The molecule has 1 amide bonds. The van der Waals surface area contributed by atoms with Crippen LogP contribution in [0.3, 0.4) is 0 Å². The molecule has 0 spiro atoms. The molecule has 3 aromatic carbocycles. The van der Waals surface area contributed by atoms with Gasteiger partial charge in [0, 0.05) is 16.3 Å². The van der Waals surface area contributed by atoms with Gasteiger partial charge < -0.3 is 5.11 Å². The summed E-state index contributed by atoms with van der Waals surface area (Å²) in [4.78, 5) is 27.5. The van der Waals surface area contributed by atoms with Gasteiger partial charge in [-0.2, -0.15) is 5.26 Å². The maximum absolute atomic E-state index is 13.1. The van der Waals surface area contributed by atoms with Gasteiger partial charge in [0.2, 0.25) is 0 Å². The fourth-order valence-corrected chi connectivity index (χ4v) is 3.84. The van der Waals surface area contributed by atoms with Crippen molar-refractivity contribution in [2.24, 2.45) is 0 Å². The van der Waals surface area contributed by atoms with Crippen LogP contribution in [0.5, 0.6) is 0 Å². The second-order valence-electron chi connectivity index (χ2n) is 7.25. The molecule has 1 atom stereocenters. The summed E-state index contributed by atoms with van der Waals surface area (Å²) >= 11 is 5.95. The molecule has 31 heavy (non-hydrogen) atoms. The molecule has 3 aromatic rings. The summed E-state index contributed by atoms with van der Waals surface area (Å²) in [6.45, 7) is 1.91. The first-order valence-electron chi connectivity index (χ1n) is 9.54. The molecule has 1 aliphatic heterocycles. The molecule has 1 heterocycles. The number of Topliss-reactive ketones (excluding diaryl/α,β-unsaturated/α-hetero) is 1. The number of aliphatic hydroxyl groups is 1. The van der Waals surface area contributed by atoms with E-state index in [1.165, 1.54) is 4.90 Å². The SMILES string of the molecule is Cc1cccc(C2/C(=C(/O)c3ccc(Cl)cc3)C(=O)C(=O)N2c2ccc(C#N)cc2)c1. The van der Waals surface area contributed by atoms with Crippen molar-refractivity contribution in [2.45, 2.75) is 13.0 Å². The first-order chi connectivity index (χ1) is 14.9. The van der Waals surface area contributed by atoms with Crippen molar-refractivity contribution >= 4 is 34.7 Å². The highest BCUT2D eigenvalue weighted by molar-refractivity contribution is 6.51. The number of benzene rings is 3. The molecule has 0 bridgehead atoms. The van der Waals surface area contributed by atoms with E-state index in [1.807, 2.05) is 37.3 Å². The number of halogens is 1. The molecule has 0 aliphatic carbocycles. The lowest BCUT2D eigenvalue weighted by Crippen LogP contribution is -2.29. The van der Waals surface area contributed by atoms with Crippen molar-refractivity contribution in [2.75, 3.05) is 4.90 Å². The van der Waals surface area contributed by atoms with Crippen molar-refractivity contribution in [1.29, 1.82) is 5.26 Å². The monoisotopic (exact) mass is 428 g/mol. The zero-order valence-electron chi connectivity index (χ0n) is 16.5. The minimum atomic E-state index is -0.816. The number of aliphatic hydroxyl groups excluding tert-OH is 1. The first-order valence-corrected chi connectivity index (χ1v) is 9.92. The normalized spacial score (nSPS) is 17.6. The molecule has 1 unspecified atom stereocenters. The van der Waals surface area contributed by atoms with E-state index in [9.17, 15) is 14.7 Å². The highest BCUT2D eigenvalue weighted by Crippen LogP contribution is 2.42. The number of nitriles is 1. The Morgan fingerprint density at radius 2 is 1.71 bits per heavy atom. The number of nitrogens with zero attached hydrogens (tertiary/aromatic N) is 2. The largest absolute Gasteiger partial charge is 0.507 e. The van der Waals surface area contributed by atoms with Gasteiger partial charge in [-0.05, 0) is 61.0 Å². The van der Waals surface area contributed by atoms with Crippen LogP contribution in [0.25, 0.3) is 5.76 Å². The van der Waals surface area contributed by atoms with E-state index in [-0.39, 0.29) is 11.3 Å². The van der Waals surface area contributed by atoms with Gasteiger partial charge >= 0.3 is 0 Å². The Kier molecular flexibility index (Phi) is 5.33. The van der Waals surface area contributed by atoms with Crippen molar-refractivity contribution in [3.05, 3.63) is 106 Å². The summed E-state index contributed by atoms with van der Waals surface area (Å²) in [5, 5.41) is 20.6. The molecule has 152 valence electrons. The second kappa shape index (κ2) is 8.10. The van der Waals surface area contributed by atoms with E-state index in [2.05, 4.69) is 0 Å². The van der Waals surface area contributed by atoms with Gasteiger partial charge in [0.15, 0.2) is 0 Å². The predicted octanol–water partition coefficient (Wildman–Crippen LogP) is 5.15. The summed E-state index contributed by atoms with van der Waals surface area (Å²) in [5.74, 6) is -1.78. The summed E-state index contributed by atoms with van der Waals surface area (Å²) in [7, 11) is 0. The molecule has 6 heteroatoms. The lowest BCUT2D eigenvalue weighted by Gasteiger charge is -2.25. The molecule has 0 aromatic heterocycles. The third-order valence-corrected chi connectivity index (χ3v) is 5.45. The van der Waals surface area contributed by atoms with Gasteiger partial charge in [0.25, 0.3) is 11.7 Å². The quantitative estimate of drug-likeness (QED) is 0.355. The van der Waals surface area contributed by atoms with Crippen LogP contribution in [0, 0.1) is 18.3 Å². The van der Waals surface area contributed by atoms with E-state index in [4.69, 9.17) is 16.9 Å². The Labute approximate surface area is 184 Å². The fourth-order valence-electron chi connectivity index (χ4n) is 3.71. The summed E-state index contributed by atoms with van der Waals surface area (Å²) < 4.78 is 0. The van der Waals surface area contributed by atoms with Crippen molar-refractivity contribution in [3.63, 3.8) is 0 Å². The van der Waals surface area contributed by atoms with Crippen molar-refractivity contribution in [3.8, 4) is 6.07 Å². The van der Waals surface area contributed by atoms with Crippen LogP contribution in [0.4, 0.5) is 5.69 Å². The van der Waals surface area contributed by atoms with Crippen LogP contribution in [-0.2, 0) is 9.59 Å². The predicted molar refractivity (Wildman–Crippen MR) is 119 cm³/mol. The van der Waals surface area contributed by atoms with E-state index in [0.29, 0.717) is 27.4 Å². The van der Waals surface area contributed by atoms with E-state index in [0.717, 1.165) is 5.56 Å². The highest BCUT2D eigenvalue weighted by atomic mass is 35.5. The summed E-state index contributed by atoms with van der Waals surface area (Å²) in [6.07, 6.45) is 0. The maximum Gasteiger partial charge on any atom is 0.300 e. The molecule has 0 radical (unpaired) electrons. The number of hydrogen-bond donors (Lipinski definition) is 1. The van der Waals surface area contributed by atoms with Crippen LogP contribution in [0.15, 0.2) is 78.4 Å². The van der Waals surface area contributed by atoms with Gasteiger partial charge in [0.05, 0.1) is 23.2 Å². The van der Waals surface area contributed by atoms with Gasteiger partial charge in [-0.1, -0.05) is 41.4 Å². The van der Waals surface area contributed by atoms with Crippen molar-refractivity contribution in [1.82, 2.24) is 0 Å². The number of aryl methyl sites for hydroxylation is 1. The zero-order valence-corrected chi connectivity index (χ0v) is 17.3. The fraction of sp³-hybridized carbons (Fsp3) is 0.0800. The van der Waals surface area contributed by atoms with Crippen molar-refractivity contribution < 1.29 is 14.7 Å². The van der Waals surface area contributed by atoms with E-state index < -0.39 is 17.7 Å². The number of carbonyl (C=O) groups excluding carboxylic acids is 2. The summed E-state index contributed by atoms with van der Waals surface area (Å²) in [5.41, 5.74) is 2.94. The lowest BCUT2D eigenvalue weighted by molar-refractivity contribution is -0.132. The molecule has 1 aliphatic rings. The van der Waals surface area contributed by atoms with Gasteiger partial charge in [0.1, 0.15) is 5.76 Å². The average Bonchev–Trinajstić information content (AvgIpc) is 3.04. The third-order valence-electron chi connectivity index (χ3n) is 5.19. The molecule has 5 nitrogen and oxygen atoms in total. The zero-order chi connectivity index (χ0) is 22.1. The molecular weight excluding hydrogens is 412 g/mol. The van der Waals surface area contributed by atoms with E-state index in [1.54, 1.807) is 48.5 Å². The molecule has 1 N–H and O–H groups in total. The number of carbonyl (C=O) groups is 2. The smallest absolute Gasteiger partial charge is 0.300 e. The molecule has 1 fully saturated rings. The highest BCUT2D eigenvalue weighted by Gasteiger charge is 2.46. The van der Waals surface area contributed by atoms with Crippen LogP contribution < -0.4 is 4.90 Å². The molecule has 1 saturated heterocycles. The maximum atomic E-state index is 13.1. The third kappa shape index (κ3) is 3.70. The van der Waals surface area contributed by atoms with Gasteiger partial charge in [-0.15, -0.1) is 0 Å². The second-order valence-corrected chi connectivity index (χ2v) is 7.69. The Morgan fingerprint density at radius 3 is 2.32 bits per heavy atom. The molecule has 4 rings (SSSR count). The first kappa shape index (κ1) is 20.4. The van der Waals surface area contributed by atoms with Crippen LogP contribution in [0.2, 0.25) is 5.02 Å². The minimum Gasteiger partial charge on any atom is -0.507 e. The number of rotatable bonds is 3. The van der Waals surface area contributed by atoms with Crippen LogP contribution in [0.1, 0.15) is 28.3 Å². The lowest BCUT2D eigenvalue weighted by atomic mass is 9.94. The van der Waals surface area contributed by atoms with Gasteiger partial charge in [-0.25, -0.2) is 0 Å². The molecule has 0 saturated carbocycles. The van der Waals surface area contributed by atoms with Crippen LogP contribution in [-0.4, -0.2) is 16.8 Å². The minimum absolute atomic E-state index is 0.00211. The van der Waals surface area contributed by atoms with Gasteiger partial charge in [-0.3, -0.25) is 14.5 Å². The number of anilines is 1. The number of hydrogen-bond acceptors (Lipinski definition) is 4. The van der Waals surface area contributed by atoms with E-state index >= 15 is 0 Å². The molecular formula is C25H17ClN2O3. The standard InChI is InChI=1S/C25H17ClN2O3/c1-15-3-2-4-18(13-15)22-21(23(29)17-7-9-19(26)10-8-17)24(30)25(31)28(22)20-11-5-16(14-27)6-12-20/h2-13,22,29H,1H3/b23-21-. The Hall–Kier alpha value is -3.88. The van der Waals surface area contributed by atoms with Crippen LogP contribution >= 0.6 is 11.6 Å². The Balaban J connectivity index is 1.94. The number of amides is 1. The Bertz CT molecular complexity index is 1260. The summed E-state index contributed by atoms with van der Waals surface area (Å²) in [6, 6.07) is 21.5. The average molecular weight is 429 g/mol. The number of ketones is 1.